The number of rotatable bonds is 1. The molecule has 0 aliphatic carbocycles. The van der Waals surface area contributed by atoms with E-state index in [1.165, 1.54) is 0 Å². The first-order valence-electron chi connectivity index (χ1n) is 3.38. The molecule has 0 spiro atoms. The van der Waals surface area contributed by atoms with E-state index in [9.17, 15) is 9.59 Å². The molecule has 0 amide bonds. The van der Waals surface area contributed by atoms with Crippen LogP contribution in [-0.2, 0) is 14.3 Å². The fourth-order valence-electron chi connectivity index (χ4n) is 1.20. The molecule has 62 valence electrons. The molecule has 1 saturated heterocycles. The molecule has 0 unspecified atom stereocenters. The van der Waals surface area contributed by atoms with Crippen molar-refractivity contribution in [3.63, 3.8) is 0 Å². The number of aliphatic carboxylic acids is 1. The van der Waals surface area contributed by atoms with Gasteiger partial charge in [0.2, 0.25) is 0 Å². The lowest BCUT2D eigenvalue weighted by Crippen LogP contribution is -2.32. The zero-order valence-corrected chi connectivity index (χ0v) is 6.46. The third-order valence-electron chi connectivity index (χ3n) is 1.88. The minimum atomic E-state index is -0.971. The van der Waals surface area contributed by atoms with E-state index in [-0.39, 0.29) is 6.42 Å². The summed E-state index contributed by atoms with van der Waals surface area (Å²) in [7, 11) is 0. The highest BCUT2D eigenvalue weighted by Crippen LogP contribution is 2.32. The lowest BCUT2D eigenvalue weighted by molar-refractivity contribution is -0.150. The second-order valence-corrected chi connectivity index (χ2v) is 3.17. The summed E-state index contributed by atoms with van der Waals surface area (Å²) in [6.45, 7) is 3.22. The Balaban J connectivity index is 2.82. The average Bonchev–Trinajstić information content (AvgIpc) is 2.04. The van der Waals surface area contributed by atoms with Gasteiger partial charge in [-0.25, -0.2) is 0 Å². The van der Waals surface area contributed by atoms with Gasteiger partial charge < -0.3 is 9.84 Å². The summed E-state index contributed by atoms with van der Waals surface area (Å²) >= 11 is 0. The van der Waals surface area contributed by atoms with E-state index in [0.29, 0.717) is 0 Å². The van der Waals surface area contributed by atoms with E-state index in [2.05, 4.69) is 0 Å². The van der Waals surface area contributed by atoms with E-state index >= 15 is 0 Å². The standard InChI is InChI=1S/C7H10O4/c1-7(2)4(6(9)10)3-5(8)11-7/h4H,3H2,1-2H3,(H,9,10)/t4-/m0/s1. The lowest BCUT2D eigenvalue weighted by atomic mass is 9.91. The highest BCUT2D eigenvalue weighted by molar-refractivity contribution is 5.83. The Bertz CT molecular complexity index is 206. The van der Waals surface area contributed by atoms with Gasteiger partial charge in [0.15, 0.2) is 0 Å². The summed E-state index contributed by atoms with van der Waals surface area (Å²) in [4.78, 5) is 21.2. The highest BCUT2D eigenvalue weighted by Gasteiger charge is 2.46. The third-order valence-corrected chi connectivity index (χ3v) is 1.88. The zero-order valence-electron chi connectivity index (χ0n) is 6.46. The summed E-state index contributed by atoms with van der Waals surface area (Å²) in [6, 6.07) is 0. The molecule has 1 fully saturated rings. The zero-order chi connectivity index (χ0) is 8.65. The van der Waals surface area contributed by atoms with Crippen molar-refractivity contribution in [3.05, 3.63) is 0 Å². The Kier molecular flexibility index (Phi) is 1.62. The molecule has 1 rings (SSSR count). The quantitative estimate of drug-likeness (QED) is 0.561. The van der Waals surface area contributed by atoms with Crippen molar-refractivity contribution in [2.45, 2.75) is 25.9 Å². The first kappa shape index (κ1) is 8.04. The second-order valence-electron chi connectivity index (χ2n) is 3.17. The van der Waals surface area contributed by atoms with Gasteiger partial charge in [-0.1, -0.05) is 0 Å². The monoisotopic (exact) mass is 158 g/mol. The van der Waals surface area contributed by atoms with Crippen LogP contribution in [0.25, 0.3) is 0 Å². The van der Waals surface area contributed by atoms with Gasteiger partial charge in [0, 0.05) is 0 Å². The number of carbonyl (C=O) groups is 2. The molecule has 11 heavy (non-hydrogen) atoms. The molecule has 0 bridgehead atoms. The average molecular weight is 158 g/mol. The summed E-state index contributed by atoms with van der Waals surface area (Å²) in [6.07, 6.45) is -0.0116. The van der Waals surface area contributed by atoms with Gasteiger partial charge in [-0.3, -0.25) is 9.59 Å². The summed E-state index contributed by atoms with van der Waals surface area (Å²) in [5.41, 5.74) is -0.844. The predicted octanol–water partition coefficient (Wildman–Crippen LogP) is 0.413. The fourth-order valence-corrected chi connectivity index (χ4v) is 1.20. The molecule has 0 aromatic carbocycles. The van der Waals surface area contributed by atoms with Gasteiger partial charge in [-0.2, -0.15) is 0 Å². The van der Waals surface area contributed by atoms with Crippen molar-refractivity contribution in [1.82, 2.24) is 0 Å². The van der Waals surface area contributed by atoms with Crippen LogP contribution in [0.4, 0.5) is 0 Å². The second kappa shape index (κ2) is 2.22. The van der Waals surface area contributed by atoms with Gasteiger partial charge in [-0.05, 0) is 13.8 Å². The number of carbonyl (C=O) groups excluding carboxylic acids is 1. The first-order valence-corrected chi connectivity index (χ1v) is 3.38. The van der Waals surface area contributed by atoms with Crippen LogP contribution in [0.1, 0.15) is 20.3 Å². The largest absolute Gasteiger partial charge is 0.481 e. The Morgan fingerprint density at radius 2 is 2.27 bits per heavy atom. The molecule has 4 nitrogen and oxygen atoms in total. The molecule has 0 aromatic heterocycles. The van der Waals surface area contributed by atoms with Crippen LogP contribution < -0.4 is 0 Å². The summed E-state index contributed by atoms with van der Waals surface area (Å²) in [5.74, 6) is -2.10. The Morgan fingerprint density at radius 1 is 1.73 bits per heavy atom. The third kappa shape index (κ3) is 1.34. The molecule has 1 N–H and O–H groups in total. The molecule has 1 aliphatic heterocycles. The normalized spacial score (nSPS) is 28.2. The van der Waals surface area contributed by atoms with Gasteiger partial charge >= 0.3 is 11.9 Å². The maximum absolute atomic E-state index is 10.7. The van der Waals surface area contributed by atoms with E-state index in [1.807, 2.05) is 0 Å². The first-order chi connectivity index (χ1) is 4.93. The van der Waals surface area contributed by atoms with Crippen molar-refractivity contribution in [3.8, 4) is 0 Å². The number of cyclic esters (lactones) is 1. The van der Waals surface area contributed by atoms with Gasteiger partial charge in [0.05, 0.1) is 6.42 Å². The van der Waals surface area contributed by atoms with Crippen molar-refractivity contribution in [2.75, 3.05) is 0 Å². The van der Waals surface area contributed by atoms with Crippen LogP contribution >= 0.6 is 0 Å². The number of hydrogen-bond donors (Lipinski definition) is 1. The molecule has 1 heterocycles. The van der Waals surface area contributed by atoms with E-state index in [0.717, 1.165) is 0 Å². The molecule has 0 saturated carbocycles. The molecule has 4 heteroatoms. The van der Waals surface area contributed by atoms with E-state index in [1.54, 1.807) is 13.8 Å². The Hall–Kier alpha value is -1.06. The SMILES string of the molecule is CC1(C)OC(=O)C[C@H]1C(=O)O. The topological polar surface area (TPSA) is 63.6 Å². The number of hydrogen-bond acceptors (Lipinski definition) is 3. The van der Waals surface area contributed by atoms with Gasteiger partial charge in [0.1, 0.15) is 11.5 Å². The lowest BCUT2D eigenvalue weighted by Gasteiger charge is -2.20. The number of esters is 1. The van der Waals surface area contributed by atoms with Crippen LogP contribution in [0.2, 0.25) is 0 Å². The smallest absolute Gasteiger partial charge is 0.311 e. The predicted molar refractivity (Wildman–Crippen MR) is 35.9 cm³/mol. The minimum absolute atomic E-state index is 0.0116. The maximum Gasteiger partial charge on any atom is 0.311 e. The van der Waals surface area contributed by atoms with E-state index in [4.69, 9.17) is 9.84 Å². The number of carboxylic acid groups (broad SMARTS) is 1. The Morgan fingerprint density at radius 3 is 2.45 bits per heavy atom. The number of ether oxygens (including phenoxy) is 1. The van der Waals surface area contributed by atoms with Crippen molar-refractivity contribution in [1.29, 1.82) is 0 Å². The molecule has 1 atom stereocenters. The molecule has 0 radical (unpaired) electrons. The van der Waals surface area contributed by atoms with Crippen molar-refractivity contribution >= 4 is 11.9 Å². The summed E-state index contributed by atoms with van der Waals surface area (Å²) in [5, 5.41) is 8.63. The minimum Gasteiger partial charge on any atom is -0.481 e. The van der Waals surface area contributed by atoms with Crippen LogP contribution in [0, 0.1) is 5.92 Å². The van der Waals surface area contributed by atoms with Crippen molar-refractivity contribution in [2.24, 2.45) is 5.92 Å². The number of carboxylic acids is 1. The molecule has 1 aliphatic rings. The van der Waals surface area contributed by atoms with E-state index < -0.39 is 23.5 Å². The fraction of sp³-hybridized carbons (Fsp3) is 0.714. The van der Waals surface area contributed by atoms with Crippen LogP contribution in [0.3, 0.4) is 0 Å². The van der Waals surface area contributed by atoms with Crippen molar-refractivity contribution < 1.29 is 19.4 Å². The van der Waals surface area contributed by atoms with Crippen LogP contribution in [0.5, 0.6) is 0 Å². The molecular formula is C7H10O4. The molecular weight excluding hydrogens is 148 g/mol. The van der Waals surface area contributed by atoms with Gasteiger partial charge in [0.25, 0.3) is 0 Å². The maximum atomic E-state index is 10.7. The Labute approximate surface area is 64.2 Å². The van der Waals surface area contributed by atoms with Gasteiger partial charge in [-0.15, -0.1) is 0 Å². The summed E-state index contributed by atoms with van der Waals surface area (Å²) < 4.78 is 4.80. The van der Waals surface area contributed by atoms with Crippen LogP contribution in [0.15, 0.2) is 0 Å². The molecule has 0 aromatic rings. The highest BCUT2D eigenvalue weighted by atomic mass is 16.6. The van der Waals surface area contributed by atoms with Crippen LogP contribution in [-0.4, -0.2) is 22.6 Å².